The molecule has 3 fully saturated rings. The van der Waals surface area contributed by atoms with Crippen LogP contribution in [0.1, 0.15) is 31.2 Å². The minimum Gasteiger partial charge on any atom is -0.486 e. The Hall–Kier alpha value is -3.94. The number of halogens is 6. The van der Waals surface area contributed by atoms with Gasteiger partial charge in [-0.1, -0.05) is 12.1 Å². The molecule has 2 saturated carbocycles. The van der Waals surface area contributed by atoms with E-state index < -0.39 is 50.9 Å². The minimum absolute atomic E-state index is 0.00522. The number of nitrogens with zero attached hydrogens (tertiary/aromatic N) is 2. The number of fused-ring (bicyclic) bond motifs is 1. The van der Waals surface area contributed by atoms with Gasteiger partial charge in [-0.2, -0.15) is 22.0 Å². The fraction of sp³-hybridized carbons (Fsp3) is 0.406. The Morgan fingerprint density at radius 1 is 0.978 bits per heavy atom. The molecular weight excluding hydrogens is 638 g/mol. The van der Waals surface area contributed by atoms with Crippen molar-refractivity contribution >= 4 is 21.6 Å². The largest absolute Gasteiger partial charge is 0.486 e. The van der Waals surface area contributed by atoms with Crippen LogP contribution in [0.2, 0.25) is 0 Å². The highest BCUT2D eigenvalue weighted by Crippen LogP contribution is 2.56. The third-order valence-electron chi connectivity index (χ3n) is 9.24. The summed E-state index contributed by atoms with van der Waals surface area (Å²) < 4.78 is 120. The van der Waals surface area contributed by atoms with E-state index in [0.717, 1.165) is 47.5 Å². The first kappa shape index (κ1) is 30.7. The zero-order valence-corrected chi connectivity index (χ0v) is 25.0. The second kappa shape index (κ2) is 10.8. The number of ether oxygens (including phenoxy) is 2. The van der Waals surface area contributed by atoms with Crippen LogP contribution in [-0.4, -0.2) is 51.6 Å². The van der Waals surface area contributed by atoms with Crippen LogP contribution in [0.25, 0.3) is 11.1 Å². The molecule has 3 aromatic carbocycles. The van der Waals surface area contributed by atoms with Crippen molar-refractivity contribution in [1.82, 2.24) is 4.90 Å². The van der Waals surface area contributed by atoms with Gasteiger partial charge in [-0.25, -0.2) is 12.8 Å². The van der Waals surface area contributed by atoms with Crippen molar-refractivity contribution in [1.29, 1.82) is 0 Å². The third-order valence-corrected chi connectivity index (χ3v) is 11.0. The van der Waals surface area contributed by atoms with Gasteiger partial charge in [-0.3, -0.25) is 9.10 Å². The number of hydrogen-bond donors (Lipinski definition) is 0. The number of alkyl halides is 5. The molecule has 2 heterocycles. The topological polar surface area (TPSA) is 76.2 Å². The van der Waals surface area contributed by atoms with Gasteiger partial charge in [-0.15, -0.1) is 0 Å². The summed E-state index contributed by atoms with van der Waals surface area (Å²) in [6.07, 6.45) is -2.17. The van der Waals surface area contributed by atoms with Crippen LogP contribution in [0.15, 0.2) is 65.6 Å². The smallest absolute Gasteiger partial charge is 0.416 e. The van der Waals surface area contributed by atoms with Gasteiger partial charge in [0.15, 0.2) is 0 Å². The normalized spacial score (nSPS) is 21.0. The maximum Gasteiger partial charge on any atom is 0.416 e. The molecule has 1 saturated heterocycles. The summed E-state index contributed by atoms with van der Waals surface area (Å²) in [5, 5.41) is 0. The highest BCUT2D eigenvalue weighted by atomic mass is 32.2. The Morgan fingerprint density at radius 3 is 2.39 bits per heavy atom. The average Bonchev–Trinajstić information content (AvgIpc) is 3.80. The van der Waals surface area contributed by atoms with Crippen LogP contribution >= 0.6 is 0 Å². The number of hydrogen-bond acceptors (Lipinski definition) is 5. The highest BCUT2D eigenvalue weighted by Gasteiger charge is 2.57. The molecule has 46 heavy (non-hydrogen) atoms. The molecule has 14 heteroatoms. The Bertz CT molecular complexity index is 1800. The van der Waals surface area contributed by atoms with Crippen molar-refractivity contribution < 1.29 is 49.0 Å². The van der Waals surface area contributed by atoms with E-state index in [1.807, 2.05) is 4.90 Å². The minimum atomic E-state index is -4.78. The first-order valence-electron chi connectivity index (χ1n) is 14.8. The lowest BCUT2D eigenvalue weighted by atomic mass is 9.56. The first-order chi connectivity index (χ1) is 21.7. The van der Waals surface area contributed by atoms with Crippen molar-refractivity contribution in [3.63, 3.8) is 0 Å². The van der Waals surface area contributed by atoms with Gasteiger partial charge in [0, 0.05) is 30.5 Å². The molecule has 4 aliphatic rings. The number of rotatable bonds is 7. The van der Waals surface area contributed by atoms with Crippen molar-refractivity contribution in [3.05, 3.63) is 72.0 Å². The Balaban J connectivity index is 1.21. The van der Waals surface area contributed by atoms with E-state index in [1.54, 1.807) is 0 Å². The molecule has 1 unspecified atom stereocenters. The molecular formula is C32H28F6N2O5S. The van der Waals surface area contributed by atoms with E-state index >= 15 is 0 Å². The molecule has 0 N–H and O–H groups in total. The third kappa shape index (κ3) is 5.64. The summed E-state index contributed by atoms with van der Waals surface area (Å²) >= 11 is 0. The zero-order valence-electron chi connectivity index (χ0n) is 24.1. The summed E-state index contributed by atoms with van der Waals surface area (Å²) in [4.78, 5) is 13.7. The molecule has 7 nitrogen and oxygen atoms in total. The van der Waals surface area contributed by atoms with Crippen molar-refractivity contribution in [2.75, 3.05) is 23.9 Å². The van der Waals surface area contributed by atoms with Gasteiger partial charge in [0.25, 0.3) is 10.0 Å². The number of carbonyl (C=O) groups excluding carboxylic acids is 1. The molecule has 244 valence electrons. The number of carbonyl (C=O) groups is 1. The summed E-state index contributed by atoms with van der Waals surface area (Å²) in [5.41, 5.74) is -0.835. The molecule has 1 amide bonds. The lowest BCUT2D eigenvalue weighted by Gasteiger charge is -2.60. The second-order valence-electron chi connectivity index (χ2n) is 12.6. The monoisotopic (exact) mass is 666 g/mol. The van der Waals surface area contributed by atoms with Gasteiger partial charge in [0.1, 0.15) is 23.4 Å². The van der Waals surface area contributed by atoms with E-state index in [4.69, 9.17) is 4.74 Å². The first-order valence-corrected chi connectivity index (χ1v) is 16.2. The summed E-state index contributed by atoms with van der Waals surface area (Å²) in [6.45, 7) is -2.13. The Labute approximate surface area is 260 Å². The van der Waals surface area contributed by atoms with E-state index in [-0.39, 0.29) is 52.3 Å². The molecule has 0 bridgehead atoms. The summed E-state index contributed by atoms with van der Waals surface area (Å²) in [7, 11) is -4.58. The van der Waals surface area contributed by atoms with Crippen molar-refractivity contribution in [2.45, 2.75) is 49.5 Å². The number of benzene rings is 3. The Morgan fingerprint density at radius 2 is 1.72 bits per heavy atom. The number of anilines is 1. The standard InChI is InChI=1S/C32H28F6N2O5S/c33-23-8-20(9-24(12-23)44-30(34)35)19-6-7-27-26(10-19)40(46(42,43)25-3-1-2-22(11-25)32(36,37)38)15-28(45-27)21-13-31(14-21)16-39(17-31)29(41)18-4-5-18/h1-3,6-12,18,21,28,30H,4-5,13-17H2. The maximum atomic E-state index is 14.3. The van der Waals surface area contributed by atoms with Crippen LogP contribution in [0.5, 0.6) is 11.5 Å². The molecule has 1 atom stereocenters. The predicted molar refractivity (Wildman–Crippen MR) is 153 cm³/mol. The number of likely N-dealkylation sites (tertiary alicyclic amines) is 1. The second-order valence-corrected chi connectivity index (χ2v) is 14.5. The fourth-order valence-electron chi connectivity index (χ4n) is 6.87. The lowest BCUT2D eigenvalue weighted by Crippen LogP contribution is -2.66. The zero-order chi connectivity index (χ0) is 32.6. The average molecular weight is 667 g/mol. The lowest BCUT2D eigenvalue weighted by molar-refractivity contribution is -0.161. The van der Waals surface area contributed by atoms with E-state index in [0.29, 0.717) is 32.0 Å². The van der Waals surface area contributed by atoms with Crippen LogP contribution < -0.4 is 13.8 Å². The van der Waals surface area contributed by atoms with Gasteiger partial charge < -0.3 is 14.4 Å². The molecule has 7 rings (SSSR count). The number of sulfonamides is 1. The van der Waals surface area contributed by atoms with Gasteiger partial charge in [0.2, 0.25) is 5.91 Å². The SMILES string of the molecule is O=C(C1CC1)N1CC2(CC(C3CN(S(=O)(=O)c4cccc(C(F)(F)F)c4)c4cc(-c5cc(F)cc(OC(F)F)c5)ccc4O3)C2)C1. The van der Waals surface area contributed by atoms with Crippen molar-refractivity contribution in [2.24, 2.45) is 17.3 Å². The number of amides is 1. The highest BCUT2D eigenvalue weighted by molar-refractivity contribution is 7.92. The van der Waals surface area contributed by atoms with Gasteiger partial charge in [-0.05, 0) is 85.2 Å². The molecule has 0 radical (unpaired) electrons. The van der Waals surface area contributed by atoms with Crippen LogP contribution in [0.4, 0.5) is 32.0 Å². The molecule has 2 aliphatic heterocycles. The fourth-order valence-corrected chi connectivity index (χ4v) is 8.39. The predicted octanol–water partition coefficient (Wildman–Crippen LogP) is 6.72. The van der Waals surface area contributed by atoms with Crippen molar-refractivity contribution in [3.8, 4) is 22.6 Å². The Kier molecular flexibility index (Phi) is 7.22. The van der Waals surface area contributed by atoms with Gasteiger partial charge >= 0.3 is 12.8 Å². The molecule has 0 aromatic heterocycles. The summed E-state index contributed by atoms with van der Waals surface area (Å²) in [5.74, 6) is -0.930. The molecule has 1 spiro atoms. The van der Waals surface area contributed by atoms with Crippen LogP contribution in [0, 0.1) is 23.1 Å². The van der Waals surface area contributed by atoms with E-state index in [9.17, 15) is 39.6 Å². The summed E-state index contributed by atoms with van der Waals surface area (Å²) in [6, 6.07) is 10.8. The quantitative estimate of drug-likeness (QED) is 0.262. The maximum absolute atomic E-state index is 14.3. The van der Waals surface area contributed by atoms with E-state index in [1.165, 1.54) is 24.3 Å². The molecule has 3 aromatic rings. The van der Waals surface area contributed by atoms with E-state index in [2.05, 4.69) is 4.74 Å². The molecule has 2 aliphatic carbocycles. The van der Waals surface area contributed by atoms with Crippen LogP contribution in [-0.2, 0) is 21.0 Å². The van der Waals surface area contributed by atoms with Crippen LogP contribution in [0.3, 0.4) is 0 Å². The van der Waals surface area contributed by atoms with Gasteiger partial charge in [0.05, 0.1) is 22.7 Å².